The van der Waals surface area contributed by atoms with Crippen LogP contribution in [0.5, 0.6) is 0 Å². The Hall–Kier alpha value is -0.470. The molecule has 1 aliphatic heterocycles. The zero-order valence-electron chi connectivity index (χ0n) is 11.1. The molecule has 0 aliphatic carbocycles. The molecule has 19 heavy (non-hydrogen) atoms. The summed E-state index contributed by atoms with van der Waals surface area (Å²) in [6.45, 7) is 3.00. The first-order valence-corrected chi connectivity index (χ1v) is 8.83. The van der Waals surface area contributed by atoms with Gasteiger partial charge in [0.2, 0.25) is 10.0 Å². The first-order valence-electron chi connectivity index (χ1n) is 6.47. The van der Waals surface area contributed by atoms with E-state index in [-0.39, 0.29) is 0 Å². The number of rotatable bonds is 5. The molecule has 7 heteroatoms. The first-order chi connectivity index (χ1) is 9.01. The minimum atomic E-state index is -3.37. The minimum Gasteiger partial charge on any atom is -0.326 e. The molecule has 0 bridgehead atoms. The second-order valence-electron chi connectivity index (χ2n) is 5.05. The highest BCUT2D eigenvalue weighted by Gasteiger charge is 2.21. The van der Waals surface area contributed by atoms with Crippen LogP contribution in [0, 0.1) is 5.92 Å². The molecule has 1 aromatic heterocycles. The van der Waals surface area contributed by atoms with Crippen LogP contribution in [-0.4, -0.2) is 40.0 Å². The third-order valence-electron chi connectivity index (χ3n) is 3.54. The normalized spacial score (nSPS) is 18.8. The molecule has 0 amide bonds. The standard InChI is InChI=1S/C12H21N3O2S2/c1-15-4-2-10(3-5-15)8-14-19(16,17)12-6-11(7-13)18-9-12/h6,9-10,14H,2-5,7-8,13H2,1H3. The van der Waals surface area contributed by atoms with Crippen molar-refractivity contribution in [3.63, 3.8) is 0 Å². The smallest absolute Gasteiger partial charge is 0.241 e. The van der Waals surface area contributed by atoms with Gasteiger partial charge in [-0.2, -0.15) is 0 Å². The predicted octanol–water partition coefficient (Wildman–Crippen LogP) is 0.827. The van der Waals surface area contributed by atoms with Gasteiger partial charge in [-0.25, -0.2) is 13.1 Å². The molecule has 5 nitrogen and oxygen atoms in total. The Morgan fingerprint density at radius 1 is 1.47 bits per heavy atom. The lowest BCUT2D eigenvalue weighted by molar-refractivity contribution is 0.220. The third kappa shape index (κ3) is 4.00. The summed E-state index contributed by atoms with van der Waals surface area (Å²) in [5.74, 6) is 0.443. The molecule has 2 rings (SSSR count). The number of piperidine rings is 1. The number of likely N-dealkylation sites (tertiary alicyclic amines) is 1. The number of hydrogen-bond acceptors (Lipinski definition) is 5. The Morgan fingerprint density at radius 3 is 2.74 bits per heavy atom. The van der Waals surface area contributed by atoms with Crippen molar-refractivity contribution in [3.8, 4) is 0 Å². The molecule has 1 aromatic rings. The molecule has 2 heterocycles. The molecular weight excluding hydrogens is 282 g/mol. The van der Waals surface area contributed by atoms with Gasteiger partial charge in [-0.15, -0.1) is 11.3 Å². The first kappa shape index (κ1) is 14.9. The summed E-state index contributed by atoms with van der Waals surface area (Å²) in [6, 6.07) is 1.65. The van der Waals surface area contributed by atoms with E-state index in [1.54, 1.807) is 11.4 Å². The predicted molar refractivity (Wildman–Crippen MR) is 77.6 cm³/mol. The lowest BCUT2D eigenvalue weighted by Crippen LogP contribution is -2.36. The van der Waals surface area contributed by atoms with Gasteiger partial charge in [0, 0.05) is 23.3 Å². The highest BCUT2D eigenvalue weighted by molar-refractivity contribution is 7.89. The van der Waals surface area contributed by atoms with Crippen LogP contribution < -0.4 is 10.5 Å². The van der Waals surface area contributed by atoms with Crippen molar-refractivity contribution < 1.29 is 8.42 Å². The zero-order valence-corrected chi connectivity index (χ0v) is 12.8. The maximum absolute atomic E-state index is 12.1. The molecule has 0 atom stereocenters. The van der Waals surface area contributed by atoms with E-state index in [2.05, 4.69) is 16.7 Å². The van der Waals surface area contributed by atoms with Crippen molar-refractivity contribution >= 4 is 21.4 Å². The number of thiophene rings is 1. The van der Waals surface area contributed by atoms with Crippen molar-refractivity contribution in [3.05, 3.63) is 16.3 Å². The molecule has 1 fully saturated rings. The van der Waals surface area contributed by atoms with E-state index in [1.807, 2.05) is 0 Å². The van der Waals surface area contributed by atoms with Gasteiger partial charge >= 0.3 is 0 Å². The summed E-state index contributed by atoms with van der Waals surface area (Å²) in [6.07, 6.45) is 2.10. The Bertz CT molecular complexity index is 505. The molecule has 0 unspecified atom stereocenters. The third-order valence-corrected chi connectivity index (χ3v) is 6.05. The van der Waals surface area contributed by atoms with Crippen LogP contribution in [0.2, 0.25) is 0 Å². The molecule has 0 spiro atoms. The zero-order chi connectivity index (χ0) is 13.9. The van der Waals surface area contributed by atoms with Crippen LogP contribution >= 0.6 is 11.3 Å². The van der Waals surface area contributed by atoms with E-state index in [9.17, 15) is 8.42 Å². The average Bonchev–Trinajstić information content (AvgIpc) is 2.88. The van der Waals surface area contributed by atoms with E-state index in [1.165, 1.54) is 11.3 Å². The molecule has 1 aliphatic rings. The van der Waals surface area contributed by atoms with Crippen molar-refractivity contribution in [2.45, 2.75) is 24.3 Å². The van der Waals surface area contributed by atoms with Gasteiger partial charge in [0.05, 0.1) is 4.90 Å². The minimum absolute atomic E-state index is 0.339. The molecule has 1 saturated heterocycles. The van der Waals surface area contributed by atoms with Crippen LogP contribution in [0.4, 0.5) is 0 Å². The Labute approximate surface area is 118 Å². The van der Waals surface area contributed by atoms with Crippen LogP contribution in [0.1, 0.15) is 17.7 Å². The van der Waals surface area contributed by atoms with Gasteiger partial charge in [-0.1, -0.05) is 0 Å². The fourth-order valence-corrected chi connectivity index (χ4v) is 4.46. The van der Waals surface area contributed by atoms with Crippen molar-refractivity contribution in [1.82, 2.24) is 9.62 Å². The summed E-state index contributed by atoms with van der Waals surface area (Å²) in [7, 11) is -1.27. The average molecular weight is 303 g/mol. The maximum atomic E-state index is 12.1. The molecule has 3 N–H and O–H groups in total. The van der Waals surface area contributed by atoms with Crippen molar-refractivity contribution in [1.29, 1.82) is 0 Å². The number of nitrogens with zero attached hydrogens (tertiary/aromatic N) is 1. The number of sulfonamides is 1. The van der Waals surface area contributed by atoms with Gasteiger partial charge in [-0.05, 0) is 45.0 Å². The fraction of sp³-hybridized carbons (Fsp3) is 0.667. The van der Waals surface area contributed by atoms with Gasteiger partial charge in [0.15, 0.2) is 0 Å². The second-order valence-corrected chi connectivity index (χ2v) is 7.81. The molecule has 108 valence electrons. The highest BCUT2D eigenvalue weighted by atomic mass is 32.2. The van der Waals surface area contributed by atoms with Crippen LogP contribution in [-0.2, 0) is 16.6 Å². The molecule has 0 radical (unpaired) electrons. The van der Waals surface area contributed by atoms with Gasteiger partial charge in [-0.3, -0.25) is 0 Å². The van der Waals surface area contributed by atoms with Gasteiger partial charge in [0.25, 0.3) is 0 Å². The molecule has 0 aromatic carbocycles. The molecular formula is C12H21N3O2S2. The van der Waals surface area contributed by atoms with Crippen molar-refractivity contribution in [2.75, 3.05) is 26.7 Å². The fourth-order valence-electron chi connectivity index (χ4n) is 2.19. The second kappa shape index (κ2) is 6.32. The van der Waals surface area contributed by atoms with Crippen LogP contribution in [0.3, 0.4) is 0 Å². The number of hydrogen-bond donors (Lipinski definition) is 2. The van der Waals surface area contributed by atoms with Gasteiger partial charge in [0.1, 0.15) is 0 Å². The molecule has 0 saturated carbocycles. The Balaban J connectivity index is 1.90. The Morgan fingerprint density at radius 2 is 2.16 bits per heavy atom. The van der Waals surface area contributed by atoms with E-state index in [0.717, 1.165) is 30.8 Å². The van der Waals surface area contributed by atoms with Crippen molar-refractivity contribution in [2.24, 2.45) is 11.7 Å². The summed E-state index contributed by atoms with van der Waals surface area (Å²) in [4.78, 5) is 3.50. The monoisotopic (exact) mass is 303 g/mol. The van der Waals surface area contributed by atoms with E-state index >= 15 is 0 Å². The Kier molecular flexibility index (Phi) is 4.97. The lowest BCUT2D eigenvalue weighted by Gasteiger charge is -2.28. The maximum Gasteiger partial charge on any atom is 0.241 e. The SMILES string of the molecule is CN1CCC(CNS(=O)(=O)c2csc(CN)c2)CC1. The topological polar surface area (TPSA) is 75.4 Å². The van der Waals surface area contributed by atoms with E-state index in [4.69, 9.17) is 5.73 Å². The lowest BCUT2D eigenvalue weighted by atomic mass is 9.98. The van der Waals surface area contributed by atoms with Crippen LogP contribution in [0.15, 0.2) is 16.3 Å². The highest BCUT2D eigenvalue weighted by Crippen LogP contribution is 2.20. The van der Waals surface area contributed by atoms with E-state index < -0.39 is 10.0 Å². The summed E-state index contributed by atoms with van der Waals surface area (Å²) >= 11 is 1.39. The summed E-state index contributed by atoms with van der Waals surface area (Å²) < 4.78 is 26.9. The van der Waals surface area contributed by atoms with Crippen LogP contribution in [0.25, 0.3) is 0 Å². The summed E-state index contributed by atoms with van der Waals surface area (Å²) in [5, 5.41) is 1.65. The quantitative estimate of drug-likeness (QED) is 0.845. The van der Waals surface area contributed by atoms with Gasteiger partial charge < -0.3 is 10.6 Å². The summed E-state index contributed by atoms with van der Waals surface area (Å²) in [5.41, 5.74) is 5.50. The number of nitrogens with two attached hydrogens (primary N) is 1. The number of nitrogens with one attached hydrogen (secondary N) is 1. The van der Waals surface area contributed by atoms with E-state index in [0.29, 0.717) is 23.9 Å². The largest absolute Gasteiger partial charge is 0.326 e.